The molecular formula is C20H17ClN2O2. The zero-order valence-electron chi connectivity index (χ0n) is 13.8. The van der Waals surface area contributed by atoms with Gasteiger partial charge in [-0.1, -0.05) is 54.1 Å². The molecule has 25 heavy (non-hydrogen) atoms. The molecule has 1 heterocycles. The van der Waals surface area contributed by atoms with Crippen molar-refractivity contribution in [2.45, 2.75) is 6.92 Å². The molecule has 0 bridgehead atoms. The van der Waals surface area contributed by atoms with Crippen LogP contribution in [0, 0.1) is 6.92 Å². The van der Waals surface area contributed by atoms with E-state index in [0.29, 0.717) is 21.8 Å². The Bertz CT molecular complexity index is 888. The minimum Gasteiger partial charge on any atom is -0.350 e. The van der Waals surface area contributed by atoms with Crippen molar-refractivity contribution in [1.82, 2.24) is 4.90 Å². The lowest BCUT2D eigenvalue weighted by Gasteiger charge is -2.12. The number of nitrogens with one attached hydrogen (secondary N) is 1. The first-order valence-electron chi connectivity index (χ1n) is 7.83. The summed E-state index contributed by atoms with van der Waals surface area (Å²) in [5.41, 5.74) is 2.88. The number of hydrogen-bond donors (Lipinski definition) is 1. The van der Waals surface area contributed by atoms with Gasteiger partial charge >= 0.3 is 0 Å². The second kappa shape index (κ2) is 6.95. The molecule has 0 saturated heterocycles. The Kier molecular flexibility index (Phi) is 4.72. The molecule has 0 saturated carbocycles. The topological polar surface area (TPSA) is 49.4 Å². The monoisotopic (exact) mass is 352 g/mol. The van der Waals surface area contributed by atoms with Gasteiger partial charge in [0, 0.05) is 17.3 Å². The molecule has 3 rings (SSSR count). The summed E-state index contributed by atoms with van der Waals surface area (Å²) in [6, 6.07) is 14.6. The second-order valence-corrected chi connectivity index (χ2v) is 6.12. The van der Waals surface area contributed by atoms with Crippen molar-refractivity contribution in [3.8, 4) is 0 Å². The number of halogens is 1. The fourth-order valence-corrected chi connectivity index (χ4v) is 2.86. The van der Waals surface area contributed by atoms with Gasteiger partial charge in [-0.25, -0.2) is 0 Å². The molecule has 0 spiro atoms. The minimum atomic E-state index is -0.375. The fourth-order valence-electron chi connectivity index (χ4n) is 2.67. The van der Waals surface area contributed by atoms with Crippen LogP contribution in [-0.4, -0.2) is 23.3 Å². The van der Waals surface area contributed by atoms with E-state index in [4.69, 9.17) is 11.6 Å². The van der Waals surface area contributed by atoms with E-state index in [2.05, 4.69) is 11.9 Å². The number of imide groups is 1. The molecule has 5 heteroatoms. The van der Waals surface area contributed by atoms with E-state index in [0.717, 1.165) is 5.56 Å². The lowest BCUT2D eigenvalue weighted by molar-refractivity contribution is -0.136. The Morgan fingerprint density at radius 2 is 1.84 bits per heavy atom. The minimum absolute atomic E-state index is 0.161. The van der Waals surface area contributed by atoms with E-state index < -0.39 is 0 Å². The van der Waals surface area contributed by atoms with Crippen LogP contribution in [0.1, 0.15) is 11.1 Å². The molecule has 1 aliphatic rings. The molecule has 1 N–H and O–H groups in total. The first kappa shape index (κ1) is 17.0. The predicted molar refractivity (Wildman–Crippen MR) is 100 cm³/mol. The maximum absolute atomic E-state index is 12.8. The smallest absolute Gasteiger partial charge is 0.278 e. The summed E-state index contributed by atoms with van der Waals surface area (Å²) in [6.07, 6.45) is 1.53. The number of rotatable bonds is 5. The number of carbonyl (C=O) groups excluding carboxylic acids is 2. The van der Waals surface area contributed by atoms with E-state index in [1.165, 1.54) is 11.0 Å². The van der Waals surface area contributed by atoms with E-state index in [1.807, 2.05) is 49.4 Å². The highest BCUT2D eigenvalue weighted by Crippen LogP contribution is 2.31. The number of amides is 2. The van der Waals surface area contributed by atoms with Crippen LogP contribution < -0.4 is 5.32 Å². The molecule has 1 aliphatic heterocycles. The highest BCUT2D eigenvalue weighted by Gasteiger charge is 2.38. The molecule has 0 aliphatic carbocycles. The highest BCUT2D eigenvalue weighted by atomic mass is 35.5. The molecule has 4 nitrogen and oxygen atoms in total. The molecule has 2 aromatic rings. The molecule has 0 atom stereocenters. The van der Waals surface area contributed by atoms with E-state index in [9.17, 15) is 9.59 Å². The van der Waals surface area contributed by atoms with Crippen LogP contribution in [0.2, 0.25) is 5.02 Å². The van der Waals surface area contributed by atoms with E-state index >= 15 is 0 Å². The highest BCUT2D eigenvalue weighted by molar-refractivity contribution is 6.36. The summed E-state index contributed by atoms with van der Waals surface area (Å²) < 4.78 is 0. The lowest BCUT2D eigenvalue weighted by atomic mass is 10.0. The molecular weight excluding hydrogens is 336 g/mol. The number of anilines is 1. The van der Waals surface area contributed by atoms with Crippen LogP contribution in [0.15, 0.2) is 66.9 Å². The van der Waals surface area contributed by atoms with Crippen molar-refractivity contribution >= 4 is 34.7 Å². The van der Waals surface area contributed by atoms with Crippen LogP contribution in [0.4, 0.5) is 5.69 Å². The van der Waals surface area contributed by atoms with Gasteiger partial charge < -0.3 is 5.32 Å². The molecule has 0 radical (unpaired) electrons. The number of benzene rings is 2. The van der Waals surface area contributed by atoms with Gasteiger partial charge in [0.05, 0.1) is 5.57 Å². The van der Waals surface area contributed by atoms with Gasteiger partial charge in [0.2, 0.25) is 0 Å². The SMILES string of the molecule is C=CCN1C(=O)C(Nc2ccc(C)c(Cl)c2)=C(c2ccccc2)C1=O. The van der Waals surface area contributed by atoms with Crippen LogP contribution in [-0.2, 0) is 9.59 Å². The van der Waals surface area contributed by atoms with Crippen LogP contribution in [0.3, 0.4) is 0 Å². The zero-order valence-corrected chi connectivity index (χ0v) is 14.5. The zero-order chi connectivity index (χ0) is 18.0. The first-order valence-corrected chi connectivity index (χ1v) is 8.20. The van der Waals surface area contributed by atoms with Crippen molar-refractivity contribution in [2.75, 3.05) is 11.9 Å². The van der Waals surface area contributed by atoms with Gasteiger partial charge in [-0.05, 0) is 30.2 Å². The van der Waals surface area contributed by atoms with Crippen molar-refractivity contribution in [2.24, 2.45) is 0 Å². The molecule has 0 fully saturated rings. The standard InChI is InChI=1S/C20H17ClN2O2/c1-3-11-23-19(24)17(14-7-5-4-6-8-14)18(20(23)25)22-15-10-9-13(2)16(21)12-15/h3-10,12,22H,1,11H2,2H3. The van der Waals surface area contributed by atoms with E-state index in [-0.39, 0.29) is 24.1 Å². The fraction of sp³-hybridized carbons (Fsp3) is 0.100. The average Bonchev–Trinajstić information content (AvgIpc) is 2.84. The molecule has 2 aromatic carbocycles. The van der Waals surface area contributed by atoms with Crippen LogP contribution in [0.5, 0.6) is 0 Å². The summed E-state index contributed by atoms with van der Waals surface area (Å²) in [4.78, 5) is 26.7. The Morgan fingerprint density at radius 3 is 2.48 bits per heavy atom. The van der Waals surface area contributed by atoms with E-state index in [1.54, 1.807) is 6.07 Å². The molecule has 0 aromatic heterocycles. The number of aryl methyl sites for hydroxylation is 1. The van der Waals surface area contributed by atoms with Crippen molar-refractivity contribution in [1.29, 1.82) is 0 Å². The maximum atomic E-state index is 12.8. The summed E-state index contributed by atoms with van der Waals surface area (Å²) in [7, 11) is 0. The number of carbonyl (C=O) groups is 2. The van der Waals surface area contributed by atoms with Gasteiger partial charge in [0.15, 0.2) is 0 Å². The third-order valence-corrected chi connectivity index (χ3v) is 4.39. The molecule has 126 valence electrons. The Hall–Kier alpha value is -2.85. The summed E-state index contributed by atoms with van der Waals surface area (Å²) in [6.45, 7) is 5.68. The van der Waals surface area contributed by atoms with Gasteiger partial charge in [-0.3, -0.25) is 14.5 Å². The van der Waals surface area contributed by atoms with Gasteiger partial charge in [-0.15, -0.1) is 6.58 Å². The molecule has 0 unspecified atom stereocenters. The second-order valence-electron chi connectivity index (χ2n) is 5.71. The molecule has 2 amide bonds. The predicted octanol–water partition coefficient (Wildman–Crippen LogP) is 4.03. The van der Waals surface area contributed by atoms with Gasteiger partial charge in [0.25, 0.3) is 11.8 Å². The van der Waals surface area contributed by atoms with Gasteiger partial charge in [-0.2, -0.15) is 0 Å². The van der Waals surface area contributed by atoms with Crippen molar-refractivity contribution in [3.63, 3.8) is 0 Å². The summed E-state index contributed by atoms with van der Waals surface area (Å²) in [5, 5.41) is 3.66. The van der Waals surface area contributed by atoms with Crippen LogP contribution in [0.25, 0.3) is 5.57 Å². The Morgan fingerprint density at radius 1 is 1.12 bits per heavy atom. The first-order chi connectivity index (χ1) is 12.0. The Balaban J connectivity index is 2.07. The quantitative estimate of drug-likeness (QED) is 0.653. The van der Waals surface area contributed by atoms with Crippen molar-refractivity contribution < 1.29 is 9.59 Å². The normalized spacial score (nSPS) is 14.2. The third kappa shape index (κ3) is 3.21. The summed E-state index contributed by atoms with van der Waals surface area (Å²) >= 11 is 6.16. The van der Waals surface area contributed by atoms with Crippen LogP contribution >= 0.6 is 11.6 Å². The largest absolute Gasteiger partial charge is 0.350 e. The van der Waals surface area contributed by atoms with Crippen molar-refractivity contribution in [3.05, 3.63) is 83.0 Å². The van der Waals surface area contributed by atoms with Gasteiger partial charge in [0.1, 0.15) is 5.70 Å². The lowest BCUT2D eigenvalue weighted by Crippen LogP contribution is -2.32. The average molecular weight is 353 g/mol. The Labute approximate surface area is 151 Å². The maximum Gasteiger partial charge on any atom is 0.278 e. The third-order valence-electron chi connectivity index (χ3n) is 3.98. The number of nitrogens with zero attached hydrogens (tertiary/aromatic N) is 1. The number of hydrogen-bond acceptors (Lipinski definition) is 3. The summed E-state index contributed by atoms with van der Waals surface area (Å²) in [5.74, 6) is -0.711.